The molecule has 8 rings (SSSR count). The summed E-state index contributed by atoms with van der Waals surface area (Å²) >= 11 is 0. The molecule has 1 amide bonds. The van der Waals surface area contributed by atoms with Crippen molar-refractivity contribution in [3.63, 3.8) is 0 Å². The Kier molecular flexibility index (Phi) is 11.2. The van der Waals surface area contributed by atoms with Crippen molar-refractivity contribution in [3.8, 4) is 11.1 Å². The molecule has 1 saturated heterocycles. The standard InChI is InChI=1S/C46H51N5O4/c52-43(29-48-19-15-33-7-1-3-9-39(33)27-48)31-50-21-17-38(25-45(50)54)36-12-5-11-35(23-36)37-13-6-14-41(24-37)47-42-18-22-51(46(55)26-42)32-44(53)30-49-20-16-34-8-2-4-10-40(34)28-49/h1-14,18,22-24,26,38,43-44,47,52-53H,15-17,19-21,25,27-32H2/t38?,43-,44+/m0/s1. The van der Waals surface area contributed by atoms with Crippen molar-refractivity contribution < 1.29 is 15.0 Å². The van der Waals surface area contributed by atoms with Gasteiger partial charge in [0.2, 0.25) is 5.91 Å². The molecule has 3 aliphatic rings. The summed E-state index contributed by atoms with van der Waals surface area (Å²) in [6.45, 7) is 5.81. The number of pyridine rings is 1. The fourth-order valence-electron chi connectivity index (χ4n) is 8.62. The molecule has 284 valence electrons. The molecule has 55 heavy (non-hydrogen) atoms. The maximum Gasteiger partial charge on any atom is 0.252 e. The molecule has 1 aromatic heterocycles. The second kappa shape index (κ2) is 16.8. The topological polar surface area (TPSA) is 101 Å². The Bertz CT molecular complexity index is 2180. The van der Waals surface area contributed by atoms with Gasteiger partial charge in [0, 0.05) is 82.4 Å². The molecule has 9 heteroatoms. The maximum absolute atomic E-state index is 13.3. The summed E-state index contributed by atoms with van der Waals surface area (Å²) in [7, 11) is 0. The number of nitrogens with one attached hydrogen (secondary N) is 1. The molecule has 3 aliphatic heterocycles. The van der Waals surface area contributed by atoms with E-state index >= 15 is 0 Å². The number of benzene rings is 4. The van der Waals surface area contributed by atoms with E-state index < -0.39 is 12.2 Å². The summed E-state index contributed by atoms with van der Waals surface area (Å²) in [5, 5.41) is 25.2. The molecular formula is C46H51N5O4. The average Bonchev–Trinajstić information content (AvgIpc) is 3.20. The van der Waals surface area contributed by atoms with Gasteiger partial charge < -0.3 is 25.0 Å². The predicted octanol–water partition coefficient (Wildman–Crippen LogP) is 5.80. The zero-order chi connectivity index (χ0) is 37.7. The minimum Gasteiger partial charge on any atom is -0.390 e. The van der Waals surface area contributed by atoms with Crippen LogP contribution >= 0.6 is 0 Å². The van der Waals surface area contributed by atoms with Gasteiger partial charge in [0.1, 0.15) is 0 Å². The number of β-amino-alcohol motifs (C(OH)–C–C–N with tert-alkyl or cyclic N) is 2. The number of carbonyl (C=O) groups is 1. The van der Waals surface area contributed by atoms with Gasteiger partial charge in [-0.25, -0.2) is 0 Å². The van der Waals surface area contributed by atoms with Crippen LogP contribution in [0.4, 0.5) is 11.4 Å². The van der Waals surface area contributed by atoms with Gasteiger partial charge >= 0.3 is 0 Å². The van der Waals surface area contributed by atoms with Crippen molar-refractivity contribution in [2.24, 2.45) is 0 Å². The zero-order valence-electron chi connectivity index (χ0n) is 31.4. The van der Waals surface area contributed by atoms with Crippen LogP contribution in [0, 0.1) is 0 Å². The number of hydrogen-bond donors (Lipinski definition) is 3. The van der Waals surface area contributed by atoms with Crippen molar-refractivity contribution in [2.45, 2.75) is 63.4 Å². The molecule has 0 aliphatic carbocycles. The predicted molar refractivity (Wildman–Crippen MR) is 217 cm³/mol. The molecule has 0 spiro atoms. The van der Waals surface area contributed by atoms with Crippen LogP contribution in [-0.2, 0) is 37.3 Å². The number of aromatic nitrogens is 1. The monoisotopic (exact) mass is 737 g/mol. The molecule has 5 aromatic rings. The Hall–Kier alpha value is -5.06. The lowest BCUT2D eigenvalue weighted by molar-refractivity contribution is -0.135. The third-order valence-corrected chi connectivity index (χ3v) is 11.6. The first-order valence-electron chi connectivity index (χ1n) is 19.7. The Morgan fingerprint density at radius 3 is 1.87 bits per heavy atom. The molecule has 0 saturated carbocycles. The Morgan fingerprint density at radius 2 is 1.22 bits per heavy atom. The first-order valence-corrected chi connectivity index (χ1v) is 19.7. The van der Waals surface area contributed by atoms with E-state index in [1.54, 1.807) is 16.8 Å². The minimum absolute atomic E-state index is 0.0977. The van der Waals surface area contributed by atoms with Gasteiger partial charge in [-0.1, -0.05) is 84.9 Å². The van der Waals surface area contributed by atoms with Gasteiger partial charge in [0.25, 0.3) is 5.56 Å². The van der Waals surface area contributed by atoms with Crippen LogP contribution in [0.25, 0.3) is 11.1 Å². The average molecular weight is 738 g/mol. The lowest BCUT2D eigenvalue weighted by Gasteiger charge is -2.35. The van der Waals surface area contributed by atoms with Crippen LogP contribution in [0.2, 0.25) is 0 Å². The number of fused-ring (bicyclic) bond motifs is 2. The van der Waals surface area contributed by atoms with Crippen molar-refractivity contribution in [2.75, 3.05) is 44.6 Å². The number of piperidine rings is 1. The normalized spacial score (nSPS) is 18.7. The Balaban J connectivity index is 0.837. The van der Waals surface area contributed by atoms with Gasteiger partial charge in [-0.2, -0.15) is 0 Å². The number of likely N-dealkylation sites (tertiary alicyclic amines) is 1. The van der Waals surface area contributed by atoms with Crippen LogP contribution in [0.3, 0.4) is 0 Å². The van der Waals surface area contributed by atoms with Gasteiger partial charge in [-0.15, -0.1) is 0 Å². The van der Waals surface area contributed by atoms with E-state index in [0.717, 1.165) is 67.8 Å². The van der Waals surface area contributed by atoms with Gasteiger partial charge in [-0.05, 0) is 82.3 Å². The fourth-order valence-corrected chi connectivity index (χ4v) is 8.62. The number of aliphatic hydroxyl groups excluding tert-OH is 2. The third kappa shape index (κ3) is 9.09. The number of carbonyl (C=O) groups excluding carboxylic acids is 1. The van der Waals surface area contributed by atoms with Gasteiger partial charge in [0.15, 0.2) is 0 Å². The summed E-state index contributed by atoms with van der Waals surface area (Å²) in [5.74, 6) is 0.225. The van der Waals surface area contributed by atoms with E-state index in [0.29, 0.717) is 38.3 Å². The molecule has 1 unspecified atom stereocenters. The fraction of sp³-hybridized carbons (Fsp3) is 0.348. The van der Waals surface area contributed by atoms with Crippen LogP contribution in [0.15, 0.2) is 120 Å². The van der Waals surface area contributed by atoms with E-state index in [9.17, 15) is 19.8 Å². The largest absolute Gasteiger partial charge is 0.390 e. The Labute approximate surface area is 323 Å². The number of aliphatic hydroxyl groups is 2. The molecule has 3 N–H and O–H groups in total. The van der Waals surface area contributed by atoms with Crippen molar-refractivity contribution in [1.29, 1.82) is 0 Å². The second-order valence-corrected chi connectivity index (χ2v) is 15.6. The van der Waals surface area contributed by atoms with E-state index in [1.165, 1.54) is 22.3 Å². The third-order valence-electron chi connectivity index (χ3n) is 11.6. The first kappa shape index (κ1) is 36.9. The molecular weight excluding hydrogens is 687 g/mol. The number of anilines is 2. The smallest absolute Gasteiger partial charge is 0.252 e. The first-order chi connectivity index (χ1) is 26.8. The van der Waals surface area contributed by atoms with Crippen LogP contribution in [0.1, 0.15) is 46.6 Å². The summed E-state index contributed by atoms with van der Waals surface area (Å²) in [6.07, 6.45) is 3.77. The lowest BCUT2D eigenvalue weighted by Crippen LogP contribution is -2.46. The lowest BCUT2D eigenvalue weighted by atomic mass is 9.87. The number of nitrogens with zero attached hydrogens (tertiary/aromatic N) is 4. The highest BCUT2D eigenvalue weighted by molar-refractivity contribution is 5.78. The van der Waals surface area contributed by atoms with Gasteiger partial charge in [-0.3, -0.25) is 19.4 Å². The second-order valence-electron chi connectivity index (χ2n) is 15.6. The highest BCUT2D eigenvalue weighted by Crippen LogP contribution is 2.33. The summed E-state index contributed by atoms with van der Waals surface area (Å²) in [4.78, 5) is 32.8. The summed E-state index contributed by atoms with van der Waals surface area (Å²) in [6, 6.07) is 37.0. The highest BCUT2D eigenvalue weighted by Gasteiger charge is 2.29. The molecule has 0 radical (unpaired) electrons. The minimum atomic E-state index is -0.651. The molecule has 3 atom stereocenters. The molecule has 9 nitrogen and oxygen atoms in total. The van der Waals surface area contributed by atoms with Crippen LogP contribution in [0.5, 0.6) is 0 Å². The Morgan fingerprint density at radius 1 is 0.618 bits per heavy atom. The molecule has 0 bridgehead atoms. The zero-order valence-corrected chi connectivity index (χ0v) is 31.4. The molecule has 4 heterocycles. The SMILES string of the molecule is O=C1CC(c2cccc(-c3cccc(Nc4ccn(C[C@H](O)CN5CCc6ccccc6C5)c(=O)c4)c3)c2)CCN1C[C@@H](O)CN1CCc2ccccc2C1. The number of rotatable bonds is 12. The van der Waals surface area contributed by atoms with Crippen molar-refractivity contribution in [1.82, 2.24) is 19.3 Å². The summed E-state index contributed by atoms with van der Waals surface area (Å²) < 4.78 is 1.57. The van der Waals surface area contributed by atoms with Crippen LogP contribution in [-0.4, -0.2) is 86.9 Å². The van der Waals surface area contributed by atoms with E-state index in [1.807, 2.05) is 23.1 Å². The van der Waals surface area contributed by atoms with Gasteiger partial charge in [0.05, 0.1) is 18.8 Å². The molecule has 4 aromatic carbocycles. The summed E-state index contributed by atoms with van der Waals surface area (Å²) in [5.41, 5.74) is 10.0. The van der Waals surface area contributed by atoms with E-state index in [-0.39, 0.29) is 23.9 Å². The number of hydrogen-bond acceptors (Lipinski definition) is 7. The number of amides is 1. The van der Waals surface area contributed by atoms with E-state index in [4.69, 9.17) is 0 Å². The van der Waals surface area contributed by atoms with Crippen molar-refractivity contribution in [3.05, 3.63) is 154 Å². The maximum atomic E-state index is 13.3. The van der Waals surface area contributed by atoms with Crippen LogP contribution < -0.4 is 10.9 Å². The highest BCUT2D eigenvalue weighted by atomic mass is 16.3. The molecule has 1 fully saturated rings. The van der Waals surface area contributed by atoms with Crippen molar-refractivity contribution >= 4 is 17.3 Å². The van der Waals surface area contributed by atoms with E-state index in [2.05, 4.69) is 100 Å². The quantitative estimate of drug-likeness (QED) is 0.149.